The van der Waals surface area contributed by atoms with Gasteiger partial charge in [-0.3, -0.25) is 52.8 Å². The zero-order chi connectivity index (χ0) is 78.2. The molecule has 2 saturated heterocycles. The third-order valence-corrected chi connectivity index (χ3v) is 21.1. The lowest BCUT2D eigenvalue weighted by Crippen LogP contribution is -2.60. The minimum atomic E-state index is -1.13. The Bertz CT molecular complexity index is 3070. The number of hydrogen-bond acceptors (Lipinski definition) is 14. The molecule has 590 valence electrons. The van der Waals surface area contributed by atoms with Gasteiger partial charge in [0.05, 0.1) is 42.7 Å². The van der Waals surface area contributed by atoms with Crippen molar-refractivity contribution in [3.8, 4) is 0 Å². The number of unbranched alkanes of at least 4 members (excludes halogenated alkanes) is 3. The van der Waals surface area contributed by atoms with Crippen molar-refractivity contribution < 1.29 is 62.2 Å². The number of nitrogens with two attached hydrogens (primary N) is 1. The number of methoxy groups -OCH3 is 2. The number of primary amides is 1. The number of anilines is 1. The van der Waals surface area contributed by atoms with E-state index < -0.39 is 96.0 Å². The van der Waals surface area contributed by atoms with E-state index in [1.807, 2.05) is 92.8 Å². The molecule has 9 N–H and O–H groups in total. The molecule has 2 aliphatic heterocycles. The molecular weight excluding hydrogens is 1340 g/mol. The summed E-state index contributed by atoms with van der Waals surface area (Å²) in [6.07, 6.45) is 7.57. The second kappa shape index (κ2) is 45.7. The van der Waals surface area contributed by atoms with Crippen molar-refractivity contribution in [3.63, 3.8) is 0 Å². The van der Waals surface area contributed by atoms with Crippen LogP contribution < -0.4 is 43.0 Å². The molecule has 105 heavy (non-hydrogen) atoms. The van der Waals surface area contributed by atoms with Gasteiger partial charge >= 0.3 is 6.03 Å². The third kappa shape index (κ3) is 28.2. The van der Waals surface area contributed by atoms with Crippen LogP contribution in [-0.4, -0.2) is 218 Å². The zero-order valence-electron chi connectivity index (χ0n) is 66.3. The molecule has 12 amide bonds. The highest BCUT2D eigenvalue weighted by Crippen LogP contribution is 2.31. The maximum Gasteiger partial charge on any atom is 0.312 e. The number of likely N-dealkylation sites (tertiary alicyclic amines) is 2. The van der Waals surface area contributed by atoms with E-state index in [1.165, 1.54) is 12.0 Å². The number of likely N-dealkylation sites (N-methyl/N-ethyl adjacent to an activating group) is 3. The fourth-order valence-corrected chi connectivity index (χ4v) is 14.5. The molecule has 26 nitrogen and oxygen atoms in total. The third-order valence-electron chi connectivity index (χ3n) is 21.1. The summed E-state index contributed by atoms with van der Waals surface area (Å²) in [7, 11) is 8.38. The van der Waals surface area contributed by atoms with Gasteiger partial charge in [0.15, 0.2) is 0 Å². The van der Waals surface area contributed by atoms with Gasteiger partial charge in [-0.1, -0.05) is 151 Å². The molecule has 0 aromatic heterocycles. The van der Waals surface area contributed by atoms with Gasteiger partial charge in [-0.15, -0.1) is 0 Å². The Morgan fingerprint density at radius 3 is 1.82 bits per heavy atom. The number of benzene rings is 2. The number of carbonyl (C=O) groups excluding carboxylic acids is 11. The molecule has 2 fully saturated rings. The van der Waals surface area contributed by atoms with E-state index in [0.717, 1.165) is 50.6 Å². The van der Waals surface area contributed by atoms with Crippen LogP contribution in [0.25, 0.3) is 0 Å². The maximum absolute atomic E-state index is 14.8. The number of carbonyl (C=O) groups is 11. The quantitative estimate of drug-likeness (QED) is 0.0302. The molecule has 0 bridgehead atoms. The Morgan fingerprint density at radius 2 is 1.25 bits per heavy atom. The first-order valence-corrected chi connectivity index (χ1v) is 38.7. The van der Waals surface area contributed by atoms with Crippen LogP contribution in [0.15, 0.2) is 54.6 Å². The first-order valence-electron chi connectivity index (χ1n) is 38.7. The second-order valence-corrected chi connectivity index (χ2v) is 30.1. The minimum absolute atomic E-state index is 0.00124. The van der Waals surface area contributed by atoms with Crippen molar-refractivity contribution in [2.24, 2.45) is 41.2 Å². The van der Waals surface area contributed by atoms with Gasteiger partial charge in [0.1, 0.15) is 24.2 Å². The van der Waals surface area contributed by atoms with Crippen molar-refractivity contribution in [1.82, 2.24) is 56.4 Å². The highest BCUT2D eigenvalue weighted by atomic mass is 16.5. The predicted molar refractivity (Wildman–Crippen MR) is 408 cm³/mol. The van der Waals surface area contributed by atoms with Crippen LogP contribution in [0.3, 0.4) is 0 Å². The average molecular weight is 1470 g/mol. The summed E-state index contributed by atoms with van der Waals surface area (Å²) in [5, 5.41) is 20.2. The first-order chi connectivity index (χ1) is 49.9. The van der Waals surface area contributed by atoms with E-state index in [9.17, 15) is 52.7 Å². The van der Waals surface area contributed by atoms with Gasteiger partial charge in [-0.25, -0.2) is 4.79 Å². The van der Waals surface area contributed by atoms with Crippen LogP contribution >= 0.6 is 0 Å². The topological polar surface area (TPSA) is 333 Å². The first kappa shape index (κ1) is 89.7. The summed E-state index contributed by atoms with van der Waals surface area (Å²) in [6, 6.07) is 9.93. The molecule has 2 aromatic carbocycles. The summed E-state index contributed by atoms with van der Waals surface area (Å²) < 4.78 is 12.3. The van der Waals surface area contributed by atoms with Gasteiger partial charge in [-0.2, -0.15) is 0 Å². The number of piperidine rings is 1. The van der Waals surface area contributed by atoms with Crippen molar-refractivity contribution in [1.29, 1.82) is 0 Å². The molecule has 2 heterocycles. The van der Waals surface area contributed by atoms with E-state index in [4.69, 9.17) is 15.2 Å². The molecule has 0 aliphatic carbocycles. The van der Waals surface area contributed by atoms with Crippen molar-refractivity contribution in [2.45, 2.75) is 259 Å². The minimum Gasteiger partial charge on any atom is -0.379 e. The number of urea groups is 1. The van der Waals surface area contributed by atoms with Gasteiger partial charge in [-0.05, 0) is 118 Å². The molecule has 0 spiro atoms. The van der Waals surface area contributed by atoms with Crippen LogP contribution in [0.2, 0.25) is 0 Å². The number of nitrogens with zero attached hydrogens (tertiary/aromatic N) is 5. The lowest BCUT2D eigenvalue weighted by Gasteiger charge is -2.41. The summed E-state index contributed by atoms with van der Waals surface area (Å²) in [5.41, 5.74) is 7.17. The second-order valence-electron chi connectivity index (χ2n) is 30.1. The Labute approximate surface area is 626 Å². The Kier molecular flexibility index (Phi) is 39.0. The SMILES string of the molecule is CCCCCCN(C)[C@H](C(=O)N[C@H](C(=O)N(C)[C@@H]([C@@H](C)CC)[C@@H](CC(=O)N1CCC[C@H]1[C@H](OC)[C@@H](C)C(=O)N[C@@H](Cc1ccccc1)C(=O)N(C)Cc1ccc(NC(=O)[C@H](CCCNC(N)=O)NC(=O)[C@@H](NC(=O)CCC(=O)N2CCC(C(=O)NC(CC)CC)CC2)C(C)C)cc1)OC)C(C)C)C(C)C. The van der Waals surface area contributed by atoms with Crippen molar-refractivity contribution >= 4 is 70.8 Å². The van der Waals surface area contributed by atoms with Gasteiger partial charge in [0.25, 0.3) is 0 Å². The summed E-state index contributed by atoms with van der Waals surface area (Å²) in [5.74, 6) is -5.25. The van der Waals surface area contributed by atoms with Gasteiger partial charge in [0, 0.05) is 97.9 Å². The molecule has 0 radical (unpaired) electrons. The van der Waals surface area contributed by atoms with E-state index in [1.54, 1.807) is 80.9 Å². The number of nitrogens with one attached hydrogen (secondary N) is 7. The number of hydrogen-bond donors (Lipinski definition) is 8. The standard InChI is InChI=1S/C79H131N13O13/c1-18-22-23-27-43-88(13)69(52(9)10)76(100)87-68(51(7)8)78(102)90(15)70(53(11)19-2)63(104-16)48-66(95)92-44-29-33-62(92)71(105-17)54(12)72(96)85-61(47-55-30-25-24-26-31-55)77(101)89(14)49-56-34-36-59(37-35-56)83-74(98)60(32-28-42-81-79(80)103)84-75(99)67(50(5)6)86-64(93)38-39-65(94)91-45-40-57(41-46-91)73(97)82-58(20-3)21-4/h24-26,30-31,34-37,50-54,57-58,60-63,67-71H,18-23,27-29,32-33,38-49H2,1-17H3,(H,82,97)(H,83,98)(H,84,99)(H,85,96)(H,86,93)(H,87,100)(H3,80,81,103)/t53-,54+,60-,61-,62-,63+,67-,68-,69-,70-,71+/m0/s1. The summed E-state index contributed by atoms with van der Waals surface area (Å²) in [6.45, 7) is 25.6. The predicted octanol–water partition coefficient (Wildman–Crippen LogP) is 7.31. The smallest absolute Gasteiger partial charge is 0.312 e. The lowest BCUT2D eigenvalue weighted by atomic mass is 9.89. The zero-order valence-corrected chi connectivity index (χ0v) is 66.3. The molecule has 2 aromatic rings. The largest absolute Gasteiger partial charge is 0.379 e. The van der Waals surface area contributed by atoms with Gasteiger partial charge in [0.2, 0.25) is 59.1 Å². The fourth-order valence-electron chi connectivity index (χ4n) is 14.5. The normalized spacial score (nSPS) is 17.0. The Balaban J connectivity index is 1.44. The summed E-state index contributed by atoms with van der Waals surface area (Å²) in [4.78, 5) is 161. The Morgan fingerprint density at radius 1 is 0.610 bits per heavy atom. The van der Waals surface area contributed by atoms with Gasteiger partial charge < -0.3 is 72.0 Å². The van der Waals surface area contributed by atoms with Crippen LogP contribution in [0.4, 0.5) is 10.5 Å². The highest BCUT2D eigenvalue weighted by molar-refractivity contribution is 5.99. The van der Waals surface area contributed by atoms with E-state index in [0.29, 0.717) is 63.0 Å². The molecule has 0 saturated carbocycles. The van der Waals surface area contributed by atoms with Crippen LogP contribution in [-0.2, 0) is 70.4 Å². The van der Waals surface area contributed by atoms with E-state index in [2.05, 4.69) is 49.0 Å². The van der Waals surface area contributed by atoms with Crippen LogP contribution in [0.1, 0.15) is 197 Å². The van der Waals surface area contributed by atoms with E-state index in [-0.39, 0.29) is 117 Å². The number of rotatable bonds is 45. The molecule has 2 aliphatic rings. The van der Waals surface area contributed by atoms with Crippen molar-refractivity contribution in [2.75, 3.05) is 73.4 Å². The lowest BCUT2D eigenvalue weighted by molar-refractivity contribution is -0.148. The molecule has 0 unspecified atom stereocenters. The van der Waals surface area contributed by atoms with Crippen LogP contribution in [0.5, 0.6) is 0 Å². The maximum atomic E-state index is 14.8. The monoisotopic (exact) mass is 1470 g/mol. The van der Waals surface area contributed by atoms with E-state index >= 15 is 0 Å². The molecule has 26 heteroatoms. The number of amides is 12. The average Bonchev–Trinajstić information content (AvgIpc) is 1.77. The fraction of sp³-hybridized carbons (Fsp3) is 0.709. The Hall–Kier alpha value is -7.71. The van der Waals surface area contributed by atoms with Crippen molar-refractivity contribution in [3.05, 3.63) is 65.7 Å². The molecule has 4 rings (SSSR count). The van der Waals surface area contributed by atoms with Crippen LogP contribution in [0, 0.1) is 35.5 Å². The number of ether oxygens (including phenoxy) is 2. The highest BCUT2D eigenvalue weighted by Gasteiger charge is 2.44. The molecule has 11 atom stereocenters. The summed E-state index contributed by atoms with van der Waals surface area (Å²) >= 11 is 0. The molecular formula is C79H131N13O13.